The van der Waals surface area contributed by atoms with E-state index in [2.05, 4.69) is 0 Å². The fourth-order valence-corrected chi connectivity index (χ4v) is 4.43. The van der Waals surface area contributed by atoms with Crippen LogP contribution in [0.4, 0.5) is 0 Å². The predicted octanol–water partition coefficient (Wildman–Crippen LogP) is -0.163. The Morgan fingerprint density at radius 1 is 0.613 bits per heavy atom. The fraction of sp³-hybridized carbons (Fsp3) is 1.00. The smallest absolute Gasteiger partial charge is 0.224 e. The van der Waals surface area contributed by atoms with Crippen LogP contribution in [0.1, 0.15) is 0 Å². The first-order valence-corrected chi connectivity index (χ1v) is 10.1. The number of hydrogen-bond donors (Lipinski definition) is 0. The lowest BCUT2D eigenvalue weighted by molar-refractivity contribution is -0.390. The number of rotatable bonds is 13. The Kier molecular flexibility index (Phi) is 11.0. The molecule has 3 unspecified atom stereocenters. The standard InChI is InChI=1S/C20H38O11/c1-21-9-12-14(24-4)16(26-6)17(27-7)19(29-12)31-20(11-23-3)18(28-8)15(25-5)13(30-20)10-22-2/h12-19H,9-11H2,1-8H3/t12?,13-,14-,15+,16-,17?,18?,19-,20+/m1/s1. The Balaban J connectivity index is 2.38. The molecular weight excluding hydrogens is 416 g/mol. The molecule has 0 spiro atoms. The molecule has 184 valence electrons. The molecule has 0 bridgehead atoms. The van der Waals surface area contributed by atoms with E-state index in [9.17, 15) is 0 Å². The van der Waals surface area contributed by atoms with Crippen molar-refractivity contribution in [2.45, 2.75) is 54.8 Å². The molecule has 0 aromatic rings. The van der Waals surface area contributed by atoms with Gasteiger partial charge in [-0.25, -0.2) is 0 Å². The van der Waals surface area contributed by atoms with Crippen molar-refractivity contribution in [1.29, 1.82) is 0 Å². The maximum absolute atomic E-state index is 6.45. The predicted molar refractivity (Wildman–Crippen MR) is 107 cm³/mol. The zero-order chi connectivity index (χ0) is 23.0. The molecule has 11 heteroatoms. The molecule has 2 saturated heterocycles. The molecule has 2 aliphatic heterocycles. The van der Waals surface area contributed by atoms with Gasteiger partial charge in [0.05, 0.1) is 13.2 Å². The van der Waals surface area contributed by atoms with Crippen molar-refractivity contribution in [3.05, 3.63) is 0 Å². The van der Waals surface area contributed by atoms with Crippen LogP contribution in [0.5, 0.6) is 0 Å². The molecule has 2 heterocycles. The maximum atomic E-state index is 6.45. The Bertz CT molecular complexity index is 510. The van der Waals surface area contributed by atoms with Crippen molar-refractivity contribution >= 4 is 0 Å². The summed E-state index contributed by atoms with van der Waals surface area (Å²) >= 11 is 0. The zero-order valence-electron chi connectivity index (χ0n) is 19.7. The summed E-state index contributed by atoms with van der Waals surface area (Å²) in [5, 5.41) is 0. The van der Waals surface area contributed by atoms with Gasteiger partial charge in [-0.3, -0.25) is 0 Å². The first kappa shape index (κ1) is 26.8. The molecular formula is C20H38O11. The van der Waals surface area contributed by atoms with Gasteiger partial charge in [-0.2, -0.15) is 0 Å². The normalized spacial score (nSPS) is 41.0. The first-order chi connectivity index (χ1) is 15.0. The topological polar surface area (TPSA) is 102 Å². The SMILES string of the molecule is COCC1O[C@H](O[C@]2(COC)O[C@H](COC)[C@H](OC)C2OC)C(OC)[C@H](OC)[C@@H]1OC. The summed E-state index contributed by atoms with van der Waals surface area (Å²) in [6, 6.07) is 0. The summed E-state index contributed by atoms with van der Waals surface area (Å²) in [7, 11) is 12.6. The molecule has 0 N–H and O–H groups in total. The molecule has 2 rings (SSSR count). The van der Waals surface area contributed by atoms with E-state index in [1.165, 1.54) is 0 Å². The van der Waals surface area contributed by atoms with Crippen molar-refractivity contribution in [3.8, 4) is 0 Å². The summed E-state index contributed by atoms with van der Waals surface area (Å²) in [5.74, 6) is -1.34. The van der Waals surface area contributed by atoms with Gasteiger partial charge in [0.1, 0.15) is 49.3 Å². The van der Waals surface area contributed by atoms with Crippen LogP contribution in [-0.4, -0.2) is 132 Å². The quantitative estimate of drug-likeness (QED) is 0.371. The van der Waals surface area contributed by atoms with Gasteiger partial charge in [-0.1, -0.05) is 0 Å². The lowest BCUT2D eigenvalue weighted by atomic mass is 9.98. The minimum atomic E-state index is -1.34. The average molecular weight is 455 g/mol. The second-order valence-electron chi connectivity index (χ2n) is 7.43. The maximum Gasteiger partial charge on any atom is 0.224 e. The van der Waals surface area contributed by atoms with Gasteiger partial charge in [0.25, 0.3) is 0 Å². The van der Waals surface area contributed by atoms with Crippen LogP contribution in [-0.2, 0) is 52.1 Å². The third-order valence-electron chi connectivity index (χ3n) is 5.71. The molecule has 0 amide bonds. The van der Waals surface area contributed by atoms with Crippen LogP contribution in [0.15, 0.2) is 0 Å². The van der Waals surface area contributed by atoms with E-state index in [-0.39, 0.29) is 19.8 Å². The Hall–Kier alpha value is -0.440. The monoisotopic (exact) mass is 454 g/mol. The van der Waals surface area contributed by atoms with E-state index < -0.39 is 54.8 Å². The molecule has 0 aromatic carbocycles. The highest BCUT2D eigenvalue weighted by Gasteiger charge is 2.60. The third-order valence-corrected chi connectivity index (χ3v) is 5.71. The van der Waals surface area contributed by atoms with Gasteiger partial charge >= 0.3 is 0 Å². The Morgan fingerprint density at radius 2 is 1.19 bits per heavy atom. The van der Waals surface area contributed by atoms with Crippen molar-refractivity contribution < 1.29 is 52.1 Å². The Labute approximate surface area is 184 Å². The fourth-order valence-electron chi connectivity index (χ4n) is 4.43. The van der Waals surface area contributed by atoms with Gasteiger partial charge < -0.3 is 52.1 Å². The second kappa shape index (κ2) is 12.7. The van der Waals surface area contributed by atoms with E-state index in [0.717, 1.165) is 0 Å². The molecule has 11 nitrogen and oxygen atoms in total. The highest BCUT2D eigenvalue weighted by Crippen LogP contribution is 2.40. The summed E-state index contributed by atoms with van der Waals surface area (Å²) in [6.07, 6.45) is -4.42. The molecule has 0 saturated carbocycles. The van der Waals surface area contributed by atoms with Crippen LogP contribution in [0, 0.1) is 0 Å². The van der Waals surface area contributed by atoms with Crippen molar-refractivity contribution in [1.82, 2.24) is 0 Å². The molecule has 2 aliphatic rings. The van der Waals surface area contributed by atoms with Crippen molar-refractivity contribution in [2.75, 3.05) is 76.7 Å². The summed E-state index contributed by atoms with van der Waals surface area (Å²) in [4.78, 5) is 0. The van der Waals surface area contributed by atoms with Crippen molar-refractivity contribution in [2.24, 2.45) is 0 Å². The molecule has 0 aliphatic carbocycles. The van der Waals surface area contributed by atoms with Gasteiger partial charge in [-0.15, -0.1) is 0 Å². The third kappa shape index (κ3) is 5.56. The number of ether oxygens (including phenoxy) is 11. The van der Waals surface area contributed by atoms with E-state index in [0.29, 0.717) is 0 Å². The Morgan fingerprint density at radius 3 is 1.68 bits per heavy atom. The van der Waals surface area contributed by atoms with Gasteiger partial charge in [-0.05, 0) is 0 Å². The van der Waals surface area contributed by atoms with Gasteiger partial charge in [0.15, 0.2) is 6.29 Å². The summed E-state index contributed by atoms with van der Waals surface area (Å²) in [5.41, 5.74) is 0. The number of methoxy groups -OCH3 is 8. The number of hydrogen-bond acceptors (Lipinski definition) is 11. The second-order valence-corrected chi connectivity index (χ2v) is 7.43. The summed E-state index contributed by atoms with van der Waals surface area (Å²) in [6.45, 7) is 0.612. The van der Waals surface area contributed by atoms with E-state index in [1.54, 1.807) is 56.9 Å². The minimum absolute atomic E-state index is 0.0577. The molecule has 0 radical (unpaired) electrons. The van der Waals surface area contributed by atoms with Crippen LogP contribution < -0.4 is 0 Å². The van der Waals surface area contributed by atoms with Crippen LogP contribution in [0.2, 0.25) is 0 Å². The highest BCUT2D eigenvalue weighted by molar-refractivity contribution is 5.01. The largest absolute Gasteiger partial charge is 0.382 e. The molecule has 2 fully saturated rings. The van der Waals surface area contributed by atoms with Crippen LogP contribution >= 0.6 is 0 Å². The van der Waals surface area contributed by atoms with Crippen LogP contribution in [0.25, 0.3) is 0 Å². The molecule has 31 heavy (non-hydrogen) atoms. The average Bonchev–Trinajstić information content (AvgIpc) is 3.05. The summed E-state index contributed by atoms with van der Waals surface area (Å²) < 4.78 is 63.5. The van der Waals surface area contributed by atoms with E-state index in [1.807, 2.05) is 0 Å². The lowest BCUT2D eigenvalue weighted by Crippen LogP contribution is -2.64. The van der Waals surface area contributed by atoms with Gasteiger partial charge in [0, 0.05) is 56.9 Å². The van der Waals surface area contributed by atoms with E-state index >= 15 is 0 Å². The first-order valence-electron chi connectivity index (χ1n) is 10.1. The van der Waals surface area contributed by atoms with Crippen LogP contribution in [0.3, 0.4) is 0 Å². The lowest BCUT2D eigenvalue weighted by Gasteiger charge is -2.47. The van der Waals surface area contributed by atoms with Gasteiger partial charge in [0.2, 0.25) is 5.79 Å². The molecule has 0 aromatic heterocycles. The zero-order valence-corrected chi connectivity index (χ0v) is 19.7. The highest BCUT2D eigenvalue weighted by atomic mass is 16.8. The minimum Gasteiger partial charge on any atom is -0.382 e. The van der Waals surface area contributed by atoms with Crippen molar-refractivity contribution in [3.63, 3.8) is 0 Å². The van der Waals surface area contributed by atoms with E-state index in [4.69, 9.17) is 52.1 Å². The molecule has 9 atom stereocenters.